The molecule has 4 heterocycles. The maximum atomic E-state index is 14.5. The Morgan fingerprint density at radius 3 is 1.53 bits per heavy atom. The Balaban J connectivity index is 0.749. The van der Waals surface area contributed by atoms with Crippen LogP contribution in [-0.4, -0.2) is 210 Å². The molecule has 0 aliphatic carbocycles. The zero-order valence-corrected chi connectivity index (χ0v) is 50.7. The van der Waals surface area contributed by atoms with Gasteiger partial charge in [0.15, 0.2) is 0 Å². The van der Waals surface area contributed by atoms with Crippen molar-refractivity contribution in [1.82, 2.24) is 57.7 Å². The van der Waals surface area contributed by atoms with Crippen LogP contribution in [0.25, 0.3) is 0 Å². The molecule has 0 spiro atoms. The Morgan fingerprint density at radius 2 is 1.01 bits per heavy atom. The van der Waals surface area contributed by atoms with Gasteiger partial charge < -0.3 is 81.7 Å². The van der Waals surface area contributed by atoms with Gasteiger partial charge in [0.1, 0.15) is 43.4 Å². The van der Waals surface area contributed by atoms with E-state index in [9.17, 15) is 48.3 Å². The number of likely N-dealkylation sites (N-methyl/N-ethyl adjacent to an activating group) is 2. The first-order chi connectivity index (χ1) is 42.8. The summed E-state index contributed by atoms with van der Waals surface area (Å²) in [6, 6.07) is 21.9. The van der Waals surface area contributed by atoms with Crippen LogP contribution in [-0.2, 0) is 62.1 Å². The highest BCUT2D eigenvalue weighted by Crippen LogP contribution is 2.36. The van der Waals surface area contributed by atoms with Gasteiger partial charge in [-0.25, -0.2) is 0 Å². The van der Waals surface area contributed by atoms with Gasteiger partial charge in [0, 0.05) is 50.2 Å². The molecule has 4 saturated heterocycles. The lowest BCUT2D eigenvalue weighted by Gasteiger charge is -2.33. The van der Waals surface area contributed by atoms with Crippen molar-refractivity contribution < 1.29 is 67.2 Å². The molecule has 3 aromatic rings. The molecule has 25 nitrogen and oxygen atoms in total. The number of ether oxygens (including phenoxy) is 4. The third-order valence-electron chi connectivity index (χ3n) is 16.7. The minimum Gasteiger partial charge on any atom is -0.396 e. The van der Waals surface area contributed by atoms with Crippen LogP contribution in [0.1, 0.15) is 93.5 Å². The number of aliphatic hydroxyl groups is 1. The van der Waals surface area contributed by atoms with Gasteiger partial charge in [0.25, 0.3) is 0 Å². The monoisotopic (exact) mass is 1220 g/mol. The minimum absolute atomic E-state index is 0.0366. The number of carbonyl (C=O) groups excluding carboxylic acids is 9. The highest BCUT2D eigenvalue weighted by molar-refractivity contribution is 5.96. The molecule has 7 rings (SSSR count). The number of rotatable bonds is 34. The van der Waals surface area contributed by atoms with Crippen molar-refractivity contribution >= 4 is 53.2 Å². The lowest BCUT2D eigenvalue weighted by Crippen LogP contribution is -2.59. The first-order valence-electron chi connectivity index (χ1n) is 30.8. The molecule has 10 N–H and O–H groups in total. The van der Waals surface area contributed by atoms with Crippen molar-refractivity contribution in [2.24, 2.45) is 11.8 Å². The van der Waals surface area contributed by atoms with E-state index in [1.54, 1.807) is 54.2 Å². The van der Waals surface area contributed by atoms with Gasteiger partial charge in [-0.05, 0) is 88.6 Å². The lowest BCUT2D eigenvalue weighted by atomic mass is 9.93. The minimum atomic E-state index is -1.07. The van der Waals surface area contributed by atoms with Crippen LogP contribution in [0.5, 0.6) is 0 Å². The highest BCUT2D eigenvalue weighted by Gasteiger charge is 2.50. The summed E-state index contributed by atoms with van der Waals surface area (Å²) in [5.41, 5.74) is 2.34. The zero-order chi connectivity index (χ0) is 62.8. The van der Waals surface area contributed by atoms with Crippen molar-refractivity contribution in [1.29, 1.82) is 0 Å². The summed E-state index contributed by atoms with van der Waals surface area (Å²) < 4.78 is 22.2. The smallest absolute Gasteiger partial charge is 0.247 e. The molecule has 0 unspecified atom stereocenters. The van der Waals surface area contributed by atoms with Crippen molar-refractivity contribution in [3.63, 3.8) is 0 Å². The summed E-state index contributed by atoms with van der Waals surface area (Å²) in [6.07, 6.45) is 4.64. The van der Waals surface area contributed by atoms with Gasteiger partial charge in [0.05, 0.1) is 58.3 Å². The number of fused-ring (bicyclic) bond motifs is 2. The van der Waals surface area contributed by atoms with E-state index in [4.69, 9.17) is 18.9 Å². The Bertz CT molecular complexity index is 2710. The second-order valence-electron chi connectivity index (χ2n) is 22.5. The molecule has 0 radical (unpaired) electrons. The van der Waals surface area contributed by atoms with Gasteiger partial charge in [-0.1, -0.05) is 97.9 Å². The van der Waals surface area contributed by atoms with Crippen LogP contribution in [0.15, 0.2) is 91.0 Å². The summed E-state index contributed by atoms with van der Waals surface area (Å²) in [7, 11) is 3.28. The number of hydrogen-bond donors (Lipinski definition) is 10. The molecule has 9 amide bonds. The summed E-state index contributed by atoms with van der Waals surface area (Å²) in [5, 5.41) is 36.1. The molecule has 0 bridgehead atoms. The summed E-state index contributed by atoms with van der Waals surface area (Å²) in [4.78, 5) is 125. The zero-order valence-electron chi connectivity index (χ0n) is 50.7. The molecule has 480 valence electrons. The predicted molar refractivity (Wildman–Crippen MR) is 323 cm³/mol. The van der Waals surface area contributed by atoms with Crippen molar-refractivity contribution in [3.05, 3.63) is 108 Å². The van der Waals surface area contributed by atoms with E-state index < -0.39 is 96.2 Å². The van der Waals surface area contributed by atoms with Gasteiger partial charge in [-0.15, -0.1) is 0 Å². The average molecular weight is 1220 g/mol. The van der Waals surface area contributed by atoms with Crippen molar-refractivity contribution in [2.45, 2.75) is 119 Å². The molecule has 3 aromatic carbocycles. The third-order valence-corrected chi connectivity index (χ3v) is 16.7. The quantitative estimate of drug-likeness (QED) is 0.0349. The summed E-state index contributed by atoms with van der Waals surface area (Å²) in [5.74, 6) is -4.77. The first-order valence-corrected chi connectivity index (χ1v) is 30.8. The second kappa shape index (κ2) is 35.6. The lowest BCUT2D eigenvalue weighted by molar-refractivity contribution is -0.144. The highest BCUT2D eigenvalue weighted by atomic mass is 16.5. The number of hydrogen-bond acceptors (Lipinski definition) is 16. The summed E-state index contributed by atoms with van der Waals surface area (Å²) >= 11 is 0. The number of nitrogens with zero attached hydrogens (tertiary/aromatic N) is 2. The van der Waals surface area contributed by atoms with Gasteiger partial charge in [-0.3, -0.25) is 43.2 Å². The SMILES string of the molecule is CC[C@H](NC)C(=O)N[C@@H]1C(=O)N2[C@@H](CC[C@@H]1CO)CC[C@H]2C(=O)N[C@H](C(=O)NCCOCCOCCOCCNC(=O)COCC(=O)NC[C@H]1CC[C@H]2CC[C@@H](C(=O)NC(c3ccccc3)c3ccccc3)N2C(=O)[C@H]1NC(=O)CNC)c1ccccc1. The number of amides is 9. The fourth-order valence-electron chi connectivity index (χ4n) is 12.1. The fourth-order valence-corrected chi connectivity index (χ4v) is 12.1. The summed E-state index contributed by atoms with van der Waals surface area (Å²) in [6.45, 7) is 2.38. The number of aliphatic hydroxyl groups excluding tert-OH is 1. The topological polar surface area (TPSA) is 326 Å². The van der Waals surface area contributed by atoms with E-state index in [1.807, 2.05) is 67.6 Å². The second-order valence-corrected chi connectivity index (χ2v) is 22.5. The maximum absolute atomic E-state index is 14.5. The standard InChI is InChI=1S/C63H89N11O14/c1-4-48(65-3)58(79)72-57-45(38-75)21-23-47-25-27-50(74(47)63(57)84)60(81)71-55(43-18-12-7-13-19-43)61(82)67-29-31-86-33-35-87-34-32-85-30-28-66-52(77)39-88-40-53(78)68-36-44-20-22-46-24-26-49(73(46)62(83)56(44)69-51(76)37-64-2)59(80)70-54(41-14-8-5-9-15-41)42-16-10-6-11-17-42/h5-19,44-50,54-57,64-65,75H,4,20-40H2,1-3H3,(H,66,77)(H,67,82)(H,68,78)(H,69,76)(H,70,80)(H,71,81)(H,72,79)/t44-,45-,46+,47+,48+,49+,50+,55+,56+,57+/m1/s1. The molecule has 88 heavy (non-hydrogen) atoms. The van der Waals surface area contributed by atoms with Crippen LogP contribution in [0.3, 0.4) is 0 Å². The molecule has 4 aliphatic rings. The van der Waals surface area contributed by atoms with E-state index in [0.29, 0.717) is 63.4 Å². The van der Waals surface area contributed by atoms with E-state index in [1.165, 1.54) is 0 Å². The molecule has 4 fully saturated rings. The first kappa shape index (κ1) is 68.1. The Labute approximate surface area is 514 Å². The van der Waals surface area contributed by atoms with E-state index in [0.717, 1.165) is 11.1 Å². The van der Waals surface area contributed by atoms with Gasteiger partial charge in [-0.2, -0.15) is 0 Å². The molecule has 25 heteroatoms. The molecular formula is C63H89N11O14. The molecular weight excluding hydrogens is 1130 g/mol. The average Bonchev–Trinajstić information content (AvgIpc) is 2.95. The normalized spacial score (nSPS) is 22.3. The molecule has 0 saturated carbocycles. The third kappa shape index (κ3) is 19.3. The van der Waals surface area contributed by atoms with Gasteiger partial charge in [0.2, 0.25) is 53.2 Å². The van der Waals surface area contributed by atoms with Crippen LogP contribution >= 0.6 is 0 Å². The Hall–Kier alpha value is -7.39. The maximum Gasteiger partial charge on any atom is 0.247 e. The fraction of sp³-hybridized carbons (Fsp3) is 0.571. The van der Waals surface area contributed by atoms with E-state index in [-0.39, 0.29) is 109 Å². The van der Waals surface area contributed by atoms with E-state index in [2.05, 4.69) is 47.9 Å². The Kier molecular flexibility index (Phi) is 27.5. The van der Waals surface area contributed by atoms with E-state index >= 15 is 0 Å². The number of carbonyl (C=O) groups is 9. The van der Waals surface area contributed by atoms with Crippen LogP contribution in [0, 0.1) is 11.8 Å². The number of nitrogens with one attached hydrogen (secondary N) is 9. The van der Waals surface area contributed by atoms with Crippen molar-refractivity contribution in [3.8, 4) is 0 Å². The largest absolute Gasteiger partial charge is 0.396 e. The van der Waals surface area contributed by atoms with Crippen LogP contribution in [0.4, 0.5) is 0 Å². The van der Waals surface area contributed by atoms with Crippen LogP contribution < -0.4 is 47.9 Å². The predicted octanol–water partition coefficient (Wildman–Crippen LogP) is -0.117. The molecule has 0 aromatic heterocycles. The van der Waals surface area contributed by atoms with Gasteiger partial charge >= 0.3 is 0 Å². The van der Waals surface area contributed by atoms with Crippen LogP contribution in [0.2, 0.25) is 0 Å². The Morgan fingerprint density at radius 1 is 0.534 bits per heavy atom. The number of benzene rings is 3. The van der Waals surface area contributed by atoms with Crippen molar-refractivity contribution in [2.75, 3.05) is 99.7 Å². The molecule has 4 aliphatic heterocycles. The molecule has 10 atom stereocenters.